The molecule has 0 radical (unpaired) electrons. The van der Waals surface area contributed by atoms with Crippen LogP contribution in [-0.2, 0) is 14.3 Å². The van der Waals surface area contributed by atoms with Crippen LogP contribution in [-0.4, -0.2) is 35.9 Å². The van der Waals surface area contributed by atoms with Gasteiger partial charge in [0.05, 0.1) is 12.2 Å². The first-order chi connectivity index (χ1) is 11.9. The second-order valence-corrected chi connectivity index (χ2v) is 6.52. The highest BCUT2D eigenvalue weighted by Crippen LogP contribution is 2.33. The molecular formula is C20H20O5. The van der Waals surface area contributed by atoms with E-state index in [9.17, 15) is 14.7 Å². The number of allylic oxidation sites excluding steroid dienone is 1. The molecule has 130 valence electrons. The number of ether oxygens (including phenoxy) is 2. The number of hydrogen-bond acceptors (Lipinski definition) is 5. The van der Waals surface area contributed by atoms with E-state index in [1.165, 1.54) is 0 Å². The molecule has 1 fully saturated rings. The Morgan fingerprint density at radius 3 is 2.56 bits per heavy atom. The van der Waals surface area contributed by atoms with Crippen molar-refractivity contribution in [2.45, 2.75) is 25.9 Å². The maximum absolute atomic E-state index is 12.3. The van der Waals surface area contributed by atoms with E-state index in [1.807, 2.05) is 44.2 Å². The topological polar surface area (TPSA) is 72.8 Å². The smallest absolute Gasteiger partial charge is 0.338 e. The Morgan fingerprint density at radius 1 is 1.20 bits per heavy atom. The minimum atomic E-state index is -1.20. The molecule has 1 aliphatic heterocycles. The average molecular weight is 340 g/mol. The Labute approximate surface area is 145 Å². The van der Waals surface area contributed by atoms with E-state index in [1.54, 1.807) is 12.1 Å². The van der Waals surface area contributed by atoms with Crippen LogP contribution in [0.2, 0.25) is 0 Å². The second kappa shape index (κ2) is 6.69. The molecule has 5 heteroatoms. The van der Waals surface area contributed by atoms with E-state index in [-0.39, 0.29) is 13.0 Å². The molecule has 5 nitrogen and oxygen atoms in total. The molecule has 1 N–H and O–H groups in total. The second-order valence-electron chi connectivity index (χ2n) is 6.52. The van der Waals surface area contributed by atoms with Crippen LogP contribution in [0.4, 0.5) is 0 Å². The van der Waals surface area contributed by atoms with Crippen LogP contribution in [0.15, 0.2) is 53.6 Å². The molecule has 1 saturated heterocycles. The number of cyclic esters (lactones) is 1. The number of hydrogen-bond donors (Lipinski definition) is 1. The fraction of sp³-hybridized carbons (Fsp3) is 0.300. The molecule has 3 rings (SSSR count). The third-order valence-corrected chi connectivity index (χ3v) is 4.40. The number of fused-ring (bicyclic) bond motifs is 1. The highest BCUT2D eigenvalue weighted by molar-refractivity contribution is 5.95. The lowest BCUT2D eigenvalue weighted by Crippen LogP contribution is -2.39. The number of esters is 2. The fourth-order valence-electron chi connectivity index (χ4n) is 2.88. The summed E-state index contributed by atoms with van der Waals surface area (Å²) in [5.74, 6) is -0.976. The van der Waals surface area contributed by atoms with Gasteiger partial charge >= 0.3 is 11.9 Å². The van der Waals surface area contributed by atoms with Gasteiger partial charge in [-0.3, -0.25) is 0 Å². The van der Waals surface area contributed by atoms with Crippen molar-refractivity contribution >= 4 is 22.7 Å². The zero-order valence-electron chi connectivity index (χ0n) is 14.2. The summed E-state index contributed by atoms with van der Waals surface area (Å²) in [6.07, 6.45) is 0.232. The van der Waals surface area contributed by atoms with Crippen molar-refractivity contribution in [3.63, 3.8) is 0 Å². The lowest BCUT2D eigenvalue weighted by molar-refractivity contribution is -0.154. The predicted octanol–water partition coefficient (Wildman–Crippen LogP) is 3.01. The van der Waals surface area contributed by atoms with Gasteiger partial charge in [0, 0.05) is 12.0 Å². The molecule has 1 aliphatic rings. The van der Waals surface area contributed by atoms with Crippen molar-refractivity contribution in [1.29, 1.82) is 0 Å². The quantitative estimate of drug-likeness (QED) is 0.684. The molecule has 25 heavy (non-hydrogen) atoms. The maximum atomic E-state index is 12.3. The monoisotopic (exact) mass is 340 g/mol. The van der Waals surface area contributed by atoms with Gasteiger partial charge in [0.25, 0.3) is 0 Å². The summed E-state index contributed by atoms with van der Waals surface area (Å²) >= 11 is 0. The van der Waals surface area contributed by atoms with Gasteiger partial charge in [-0.2, -0.15) is 0 Å². The standard InChI is InChI=1S/C20H20O5/c1-13(2)17-10-20(11-21,25-19(17)23)12-24-18(22)16-8-7-14-5-3-4-6-15(14)9-16/h3-9,21H,10-12H2,1-2H3. The van der Waals surface area contributed by atoms with Gasteiger partial charge in [-0.1, -0.05) is 35.9 Å². The maximum Gasteiger partial charge on any atom is 0.338 e. The average Bonchev–Trinajstić information content (AvgIpc) is 2.97. The van der Waals surface area contributed by atoms with Crippen molar-refractivity contribution in [3.8, 4) is 0 Å². The van der Waals surface area contributed by atoms with Gasteiger partial charge < -0.3 is 14.6 Å². The molecule has 0 aliphatic carbocycles. The summed E-state index contributed by atoms with van der Waals surface area (Å²) in [5.41, 5.74) is 0.575. The first kappa shape index (κ1) is 17.2. The van der Waals surface area contributed by atoms with Crippen LogP contribution in [0, 0.1) is 0 Å². The first-order valence-electron chi connectivity index (χ1n) is 8.11. The number of aliphatic hydroxyl groups excluding tert-OH is 1. The Bertz CT molecular complexity index is 863. The molecule has 0 bridgehead atoms. The molecule has 0 spiro atoms. The third kappa shape index (κ3) is 3.42. The lowest BCUT2D eigenvalue weighted by atomic mass is 9.97. The van der Waals surface area contributed by atoms with Gasteiger partial charge in [-0.05, 0) is 36.8 Å². The number of aliphatic hydroxyl groups is 1. The van der Waals surface area contributed by atoms with E-state index in [0.717, 1.165) is 16.3 Å². The highest BCUT2D eigenvalue weighted by Gasteiger charge is 2.45. The molecule has 1 unspecified atom stereocenters. The molecule has 0 amide bonds. The molecule has 0 saturated carbocycles. The largest absolute Gasteiger partial charge is 0.458 e. The van der Waals surface area contributed by atoms with Crippen LogP contribution in [0.3, 0.4) is 0 Å². The summed E-state index contributed by atoms with van der Waals surface area (Å²) in [7, 11) is 0. The molecule has 2 aromatic carbocycles. The highest BCUT2D eigenvalue weighted by atomic mass is 16.6. The number of carbonyl (C=O) groups is 2. The Kier molecular flexibility index (Phi) is 4.59. The lowest BCUT2D eigenvalue weighted by Gasteiger charge is -2.24. The van der Waals surface area contributed by atoms with E-state index in [0.29, 0.717) is 11.1 Å². The fourth-order valence-corrected chi connectivity index (χ4v) is 2.88. The third-order valence-electron chi connectivity index (χ3n) is 4.40. The summed E-state index contributed by atoms with van der Waals surface area (Å²) < 4.78 is 10.6. The summed E-state index contributed by atoms with van der Waals surface area (Å²) in [5, 5.41) is 11.6. The van der Waals surface area contributed by atoms with Crippen molar-refractivity contribution in [2.75, 3.05) is 13.2 Å². The van der Waals surface area contributed by atoms with Crippen LogP contribution in [0.5, 0.6) is 0 Å². The van der Waals surface area contributed by atoms with Crippen molar-refractivity contribution in [3.05, 3.63) is 59.2 Å². The normalized spacial score (nSPS) is 19.8. The van der Waals surface area contributed by atoms with Gasteiger partial charge in [0.1, 0.15) is 6.61 Å². The SMILES string of the molecule is CC(C)=C1CC(CO)(COC(=O)c2ccc3ccccc3c2)OC1=O. The van der Waals surface area contributed by atoms with Crippen LogP contribution >= 0.6 is 0 Å². The molecule has 1 atom stereocenters. The van der Waals surface area contributed by atoms with E-state index >= 15 is 0 Å². The molecular weight excluding hydrogens is 320 g/mol. The van der Waals surface area contributed by atoms with Gasteiger partial charge in [-0.25, -0.2) is 9.59 Å². The van der Waals surface area contributed by atoms with Crippen molar-refractivity contribution in [2.24, 2.45) is 0 Å². The Balaban J connectivity index is 1.74. The molecule has 2 aromatic rings. The summed E-state index contributed by atoms with van der Waals surface area (Å²) in [4.78, 5) is 24.3. The zero-order valence-corrected chi connectivity index (χ0v) is 14.2. The Hall–Kier alpha value is -2.66. The Morgan fingerprint density at radius 2 is 1.92 bits per heavy atom. The van der Waals surface area contributed by atoms with Gasteiger partial charge in [0.15, 0.2) is 5.60 Å². The summed E-state index contributed by atoms with van der Waals surface area (Å²) in [6, 6.07) is 13.0. The zero-order chi connectivity index (χ0) is 18.0. The van der Waals surface area contributed by atoms with Gasteiger partial charge in [-0.15, -0.1) is 0 Å². The molecule has 1 heterocycles. The van der Waals surface area contributed by atoms with Crippen molar-refractivity contribution < 1.29 is 24.2 Å². The minimum absolute atomic E-state index is 0.183. The first-order valence-corrected chi connectivity index (χ1v) is 8.11. The van der Waals surface area contributed by atoms with Crippen LogP contribution in [0.25, 0.3) is 10.8 Å². The van der Waals surface area contributed by atoms with Gasteiger partial charge in [0.2, 0.25) is 0 Å². The van der Waals surface area contributed by atoms with Crippen LogP contribution < -0.4 is 0 Å². The summed E-state index contributed by atoms with van der Waals surface area (Å²) in [6.45, 7) is 3.04. The predicted molar refractivity (Wildman–Crippen MR) is 93.1 cm³/mol. The van der Waals surface area contributed by atoms with E-state index in [4.69, 9.17) is 9.47 Å². The van der Waals surface area contributed by atoms with Crippen LogP contribution in [0.1, 0.15) is 30.6 Å². The van der Waals surface area contributed by atoms with E-state index in [2.05, 4.69) is 0 Å². The van der Waals surface area contributed by atoms with Crippen molar-refractivity contribution in [1.82, 2.24) is 0 Å². The minimum Gasteiger partial charge on any atom is -0.458 e. The molecule has 0 aromatic heterocycles. The number of benzene rings is 2. The number of rotatable bonds is 4. The van der Waals surface area contributed by atoms with E-state index < -0.39 is 24.1 Å². The number of carbonyl (C=O) groups excluding carboxylic acids is 2.